The van der Waals surface area contributed by atoms with Crippen molar-refractivity contribution in [2.45, 2.75) is 24.9 Å². The summed E-state index contributed by atoms with van der Waals surface area (Å²) in [5, 5.41) is 12.0. The Labute approximate surface area is 77.9 Å². The Hall–Kier alpha value is -0.610. The molecule has 0 unspecified atom stereocenters. The summed E-state index contributed by atoms with van der Waals surface area (Å²) >= 11 is 0. The standard InChI is InChI=1S/C9H16N2O2/c1-11-3-2-6-4-7(9(12)13)10-8(6)5-11/h6-8,10H,2-5H2,1H3,(H,12,13)/t6-,7-,8-/m0/s1. The Bertz CT molecular complexity index is 220. The van der Waals surface area contributed by atoms with Crippen molar-refractivity contribution in [3.05, 3.63) is 0 Å². The first-order chi connectivity index (χ1) is 6.16. The molecule has 0 radical (unpaired) electrons. The quantitative estimate of drug-likeness (QED) is 0.590. The van der Waals surface area contributed by atoms with E-state index >= 15 is 0 Å². The minimum atomic E-state index is -0.697. The first kappa shape index (κ1) is 8.97. The number of hydrogen-bond acceptors (Lipinski definition) is 3. The number of nitrogens with one attached hydrogen (secondary N) is 1. The van der Waals surface area contributed by atoms with Crippen LogP contribution in [0, 0.1) is 5.92 Å². The Morgan fingerprint density at radius 1 is 1.62 bits per heavy atom. The highest BCUT2D eigenvalue weighted by atomic mass is 16.4. The van der Waals surface area contributed by atoms with Gasteiger partial charge in [-0.15, -0.1) is 0 Å². The highest BCUT2D eigenvalue weighted by molar-refractivity contribution is 5.74. The molecule has 4 heteroatoms. The molecule has 3 atom stereocenters. The third-order valence-electron chi connectivity index (χ3n) is 3.21. The monoisotopic (exact) mass is 184 g/mol. The van der Waals surface area contributed by atoms with Crippen LogP contribution >= 0.6 is 0 Å². The second-order valence-corrected chi connectivity index (χ2v) is 4.21. The second-order valence-electron chi connectivity index (χ2n) is 4.21. The molecule has 2 rings (SSSR count). The van der Waals surface area contributed by atoms with Crippen LogP contribution in [-0.2, 0) is 4.79 Å². The summed E-state index contributed by atoms with van der Waals surface area (Å²) in [6.07, 6.45) is 1.95. The SMILES string of the molecule is CN1CC[C@H]2C[C@@H](C(=O)O)N[C@H]2C1. The van der Waals surface area contributed by atoms with E-state index in [0.29, 0.717) is 12.0 Å². The van der Waals surface area contributed by atoms with E-state index in [0.717, 1.165) is 25.9 Å². The molecular weight excluding hydrogens is 168 g/mol. The van der Waals surface area contributed by atoms with Crippen LogP contribution in [0.4, 0.5) is 0 Å². The number of piperidine rings is 1. The van der Waals surface area contributed by atoms with E-state index in [1.165, 1.54) is 0 Å². The number of carboxylic acid groups (broad SMARTS) is 1. The number of fused-ring (bicyclic) bond motifs is 1. The molecule has 2 fully saturated rings. The zero-order valence-corrected chi connectivity index (χ0v) is 7.86. The first-order valence-corrected chi connectivity index (χ1v) is 4.84. The molecule has 0 amide bonds. The van der Waals surface area contributed by atoms with Gasteiger partial charge in [0.15, 0.2) is 0 Å². The molecule has 0 aromatic carbocycles. The van der Waals surface area contributed by atoms with Crippen molar-refractivity contribution in [3.63, 3.8) is 0 Å². The second kappa shape index (κ2) is 3.27. The van der Waals surface area contributed by atoms with Crippen LogP contribution in [0.1, 0.15) is 12.8 Å². The minimum absolute atomic E-state index is 0.304. The van der Waals surface area contributed by atoms with Crippen molar-refractivity contribution in [2.24, 2.45) is 5.92 Å². The topological polar surface area (TPSA) is 52.6 Å². The number of carboxylic acids is 1. The van der Waals surface area contributed by atoms with Crippen molar-refractivity contribution in [3.8, 4) is 0 Å². The van der Waals surface area contributed by atoms with Crippen molar-refractivity contribution in [1.82, 2.24) is 10.2 Å². The highest BCUT2D eigenvalue weighted by Gasteiger charge is 2.39. The van der Waals surface area contributed by atoms with Gasteiger partial charge in [0.2, 0.25) is 0 Å². The summed E-state index contributed by atoms with van der Waals surface area (Å²) in [5.74, 6) is -0.116. The molecular formula is C9H16N2O2. The molecule has 0 spiro atoms. The van der Waals surface area contributed by atoms with E-state index in [-0.39, 0.29) is 6.04 Å². The molecule has 0 saturated carbocycles. The zero-order valence-electron chi connectivity index (χ0n) is 7.86. The fraction of sp³-hybridized carbons (Fsp3) is 0.889. The fourth-order valence-electron chi connectivity index (χ4n) is 2.44. The molecule has 2 saturated heterocycles. The van der Waals surface area contributed by atoms with Gasteiger partial charge in [-0.25, -0.2) is 0 Å². The number of carbonyl (C=O) groups is 1. The van der Waals surface area contributed by atoms with Gasteiger partial charge in [-0.05, 0) is 32.4 Å². The van der Waals surface area contributed by atoms with E-state index in [1.54, 1.807) is 0 Å². The number of hydrogen-bond donors (Lipinski definition) is 2. The summed E-state index contributed by atoms with van der Waals surface area (Å²) in [5.41, 5.74) is 0. The summed E-state index contributed by atoms with van der Waals surface area (Å²) in [4.78, 5) is 13.0. The van der Waals surface area contributed by atoms with E-state index < -0.39 is 5.97 Å². The van der Waals surface area contributed by atoms with Crippen LogP contribution in [-0.4, -0.2) is 48.2 Å². The van der Waals surface area contributed by atoms with Crippen LogP contribution in [0.25, 0.3) is 0 Å². The molecule has 0 aliphatic carbocycles. The average molecular weight is 184 g/mol. The highest BCUT2D eigenvalue weighted by Crippen LogP contribution is 2.27. The maximum atomic E-state index is 10.8. The Morgan fingerprint density at radius 3 is 3.08 bits per heavy atom. The van der Waals surface area contributed by atoms with Gasteiger partial charge in [-0.3, -0.25) is 4.79 Å². The average Bonchev–Trinajstić information content (AvgIpc) is 2.46. The molecule has 74 valence electrons. The Kier molecular flexibility index (Phi) is 2.26. The van der Waals surface area contributed by atoms with Crippen molar-refractivity contribution in [1.29, 1.82) is 0 Å². The van der Waals surface area contributed by atoms with Gasteiger partial charge in [0.25, 0.3) is 0 Å². The third kappa shape index (κ3) is 1.69. The van der Waals surface area contributed by atoms with Gasteiger partial charge < -0.3 is 15.3 Å². The van der Waals surface area contributed by atoms with E-state index in [9.17, 15) is 4.79 Å². The number of aliphatic carboxylic acids is 1. The maximum Gasteiger partial charge on any atom is 0.320 e. The summed E-state index contributed by atoms with van der Waals surface area (Å²) < 4.78 is 0. The van der Waals surface area contributed by atoms with Crippen molar-refractivity contribution >= 4 is 5.97 Å². The lowest BCUT2D eigenvalue weighted by Gasteiger charge is -2.31. The van der Waals surface area contributed by atoms with Crippen molar-refractivity contribution in [2.75, 3.05) is 20.1 Å². The van der Waals surface area contributed by atoms with E-state index in [1.807, 2.05) is 0 Å². The Balaban J connectivity index is 1.98. The third-order valence-corrected chi connectivity index (χ3v) is 3.21. The van der Waals surface area contributed by atoms with Gasteiger partial charge in [-0.1, -0.05) is 0 Å². The van der Waals surface area contributed by atoms with Gasteiger partial charge in [-0.2, -0.15) is 0 Å². The molecule has 2 aliphatic rings. The van der Waals surface area contributed by atoms with Gasteiger partial charge in [0.05, 0.1) is 0 Å². The Morgan fingerprint density at radius 2 is 2.38 bits per heavy atom. The smallest absolute Gasteiger partial charge is 0.320 e. The largest absolute Gasteiger partial charge is 0.480 e. The lowest BCUT2D eigenvalue weighted by Crippen LogP contribution is -2.46. The fourth-order valence-corrected chi connectivity index (χ4v) is 2.44. The molecule has 2 heterocycles. The lowest BCUT2D eigenvalue weighted by atomic mass is 9.92. The molecule has 4 nitrogen and oxygen atoms in total. The van der Waals surface area contributed by atoms with Crippen LogP contribution in [0.5, 0.6) is 0 Å². The van der Waals surface area contributed by atoms with Gasteiger partial charge in [0.1, 0.15) is 6.04 Å². The van der Waals surface area contributed by atoms with Gasteiger partial charge in [0, 0.05) is 12.6 Å². The van der Waals surface area contributed by atoms with E-state index in [2.05, 4.69) is 17.3 Å². The molecule has 2 N–H and O–H groups in total. The van der Waals surface area contributed by atoms with Crippen molar-refractivity contribution < 1.29 is 9.90 Å². The first-order valence-electron chi connectivity index (χ1n) is 4.84. The molecule has 13 heavy (non-hydrogen) atoms. The minimum Gasteiger partial charge on any atom is -0.480 e. The summed E-state index contributed by atoms with van der Waals surface area (Å²) in [6.45, 7) is 2.10. The molecule has 0 aromatic heterocycles. The molecule has 2 aliphatic heterocycles. The van der Waals surface area contributed by atoms with Gasteiger partial charge >= 0.3 is 5.97 Å². The molecule has 0 bridgehead atoms. The summed E-state index contributed by atoms with van der Waals surface area (Å²) in [7, 11) is 2.09. The number of nitrogens with zero attached hydrogens (tertiary/aromatic N) is 1. The number of likely N-dealkylation sites (tertiary alicyclic amines) is 1. The van der Waals surface area contributed by atoms with Crippen LogP contribution < -0.4 is 5.32 Å². The number of rotatable bonds is 1. The van der Waals surface area contributed by atoms with Crippen LogP contribution in [0.2, 0.25) is 0 Å². The maximum absolute atomic E-state index is 10.8. The van der Waals surface area contributed by atoms with E-state index in [4.69, 9.17) is 5.11 Å². The zero-order chi connectivity index (χ0) is 9.42. The summed E-state index contributed by atoms with van der Waals surface area (Å²) in [6, 6.07) is 0.0985. The predicted octanol–water partition coefficient (Wildman–Crippen LogP) is -0.247. The van der Waals surface area contributed by atoms with Crippen LogP contribution in [0.3, 0.4) is 0 Å². The number of likely N-dealkylation sites (N-methyl/N-ethyl adjacent to an activating group) is 1. The lowest BCUT2D eigenvalue weighted by molar-refractivity contribution is -0.139. The predicted molar refractivity (Wildman–Crippen MR) is 48.6 cm³/mol. The van der Waals surface area contributed by atoms with Crippen LogP contribution in [0.15, 0.2) is 0 Å². The normalized spacial score (nSPS) is 40.2. The molecule has 0 aromatic rings.